The van der Waals surface area contributed by atoms with Crippen molar-refractivity contribution in [2.45, 2.75) is 45.4 Å². The van der Waals surface area contributed by atoms with Crippen molar-refractivity contribution >= 4 is 22.2 Å². The summed E-state index contributed by atoms with van der Waals surface area (Å²) in [6.07, 6.45) is 4.29. The van der Waals surface area contributed by atoms with E-state index in [0.717, 1.165) is 24.0 Å². The zero-order valence-corrected chi connectivity index (χ0v) is 15.0. The molecule has 116 valence electrons. The van der Waals surface area contributed by atoms with Gasteiger partial charge in [-0.3, -0.25) is 4.79 Å². The Bertz CT molecular complexity index is 566. The zero-order chi connectivity index (χ0) is 15.8. The first-order chi connectivity index (χ1) is 9.82. The summed E-state index contributed by atoms with van der Waals surface area (Å²) in [7, 11) is 3.25. The number of ether oxygens (including phenoxy) is 2. The minimum Gasteiger partial charge on any atom is -0.493 e. The minimum atomic E-state index is -0.0376. The Morgan fingerprint density at radius 2 is 1.76 bits per heavy atom. The van der Waals surface area contributed by atoms with Gasteiger partial charge in [0, 0.05) is 16.5 Å². The van der Waals surface area contributed by atoms with Gasteiger partial charge in [0.15, 0.2) is 17.8 Å². The van der Waals surface area contributed by atoms with Gasteiger partial charge in [0.25, 0.3) is 0 Å². The Morgan fingerprint density at radius 1 is 1.14 bits per heavy atom. The van der Waals surface area contributed by atoms with Gasteiger partial charge in [-0.15, -0.1) is 0 Å². The molecule has 0 heterocycles. The Kier molecular flexibility index (Phi) is 4.39. The van der Waals surface area contributed by atoms with E-state index in [4.69, 9.17) is 9.47 Å². The van der Waals surface area contributed by atoms with Crippen LogP contribution in [0.4, 0.5) is 0 Å². The second kappa shape index (κ2) is 5.64. The SMILES string of the molecule is COc1c([C@@]2(C)CCCC2(C)C)cc(C=O)c(Br)c1OC. The molecule has 0 unspecified atom stereocenters. The van der Waals surface area contributed by atoms with E-state index in [2.05, 4.69) is 36.7 Å². The molecule has 1 aromatic rings. The summed E-state index contributed by atoms with van der Waals surface area (Å²) in [5.41, 5.74) is 1.78. The fraction of sp³-hybridized carbons (Fsp3) is 0.588. The molecule has 1 saturated carbocycles. The molecular weight excluding hydrogens is 332 g/mol. The summed E-state index contributed by atoms with van der Waals surface area (Å²) < 4.78 is 11.8. The number of rotatable bonds is 4. The predicted octanol–water partition coefficient (Wildman–Crippen LogP) is 4.75. The van der Waals surface area contributed by atoms with Gasteiger partial charge in [0.05, 0.1) is 18.7 Å². The van der Waals surface area contributed by atoms with E-state index in [0.29, 0.717) is 15.8 Å². The summed E-state index contributed by atoms with van der Waals surface area (Å²) in [5, 5.41) is 0. The maximum Gasteiger partial charge on any atom is 0.175 e. The van der Waals surface area contributed by atoms with Crippen molar-refractivity contribution in [2.75, 3.05) is 14.2 Å². The highest BCUT2D eigenvalue weighted by Gasteiger charge is 2.48. The standard InChI is InChI=1S/C17H23BrO3/c1-16(2)7-6-8-17(16,3)12-9-11(10-19)13(18)15(21-5)14(12)20-4/h9-10H,6-8H2,1-5H3/t17-/m1/s1. The lowest BCUT2D eigenvalue weighted by atomic mass is 9.65. The first kappa shape index (κ1) is 16.3. The van der Waals surface area contributed by atoms with Crippen molar-refractivity contribution in [3.63, 3.8) is 0 Å². The van der Waals surface area contributed by atoms with E-state index < -0.39 is 0 Å². The summed E-state index contributed by atoms with van der Waals surface area (Å²) in [6.45, 7) is 6.84. The van der Waals surface area contributed by atoms with Crippen molar-refractivity contribution in [3.8, 4) is 11.5 Å². The molecule has 2 rings (SSSR count). The summed E-state index contributed by atoms with van der Waals surface area (Å²) in [4.78, 5) is 11.4. The summed E-state index contributed by atoms with van der Waals surface area (Å²) in [5.74, 6) is 1.33. The van der Waals surface area contributed by atoms with Crippen molar-refractivity contribution in [2.24, 2.45) is 5.41 Å². The molecule has 4 heteroatoms. The van der Waals surface area contributed by atoms with Crippen molar-refractivity contribution in [3.05, 3.63) is 21.7 Å². The van der Waals surface area contributed by atoms with Gasteiger partial charge >= 0.3 is 0 Å². The molecule has 0 amide bonds. The van der Waals surface area contributed by atoms with Gasteiger partial charge in [0.1, 0.15) is 0 Å². The number of carbonyl (C=O) groups excluding carboxylic acids is 1. The topological polar surface area (TPSA) is 35.5 Å². The molecule has 1 aliphatic carbocycles. The van der Waals surface area contributed by atoms with Crippen molar-refractivity contribution in [1.29, 1.82) is 0 Å². The van der Waals surface area contributed by atoms with Crippen molar-refractivity contribution in [1.82, 2.24) is 0 Å². The number of carbonyl (C=O) groups is 1. The number of aldehydes is 1. The van der Waals surface area contributed by atoms with Crippen LogP contribution in [0.2, 0.25) is 0 Å². The van der Waals surface area contributed by atoms with Gasteiger partial charge in [-0.2, -0.15) is 0 Å². The smallest absolute Gasteiger partial charge is 0.175 e. The Morgan fingerprint density at radius 3 is 2.19 bits per heavy atom. The van der Waals surface area contributed by atoms with E-state index in [1.54, 1.807) is 14.2 Å². The highest BCUT2D eigenvalue weighted by Crippen LogP contribution is 2.58. The molecule has 0 aromatic heterocycles. The lowest BCUT2D eigenvalue weighted by molar-refractivity contribution is 0.112. The molecule has 0 spiro atoms. The molecule has 0 radical (unpaired) electrons. The third-order valence-corrected chi connectivity index (χ3v) is 6.12. The van der Waals surface area contributed by atoms with Gasteiger partial charge in [0.2, 0.25) is 0 Å². The number of halogens is 1. The molecular formula is C17H23BrO3. The number of benzene rings is 1. The van der Waals surface area contributed by atoms with Crippen LogP contribution in [-0.4, -0.2) is 20.5 Å². The molecule has 0 saturated heterocycles. The number of methoxy groups -OCH3 is 2. The van der Waals surface area contributed by atoms with Gasteiger partial charge in [-0.1, -0.05) is 27.2 Å². The number of hydrogen-bond acceptors (Lipinski definition) is 3. The maximum atomic E-state index is 11.4. The average Bonchev–Trinajstić information content (AvgIpc) is 2.72. The van der Waals surface area contributed by atoms with E-state index in [-0.39, 0.29) is 10.8 Å². The van der Waals surface area contributed by atoms with Gasteiger partial charge in [-0.05, 0) is 40.3 Å². The lowest BCUT2D eigenvalue weighted by Gasteiger charge is -2.40. The highest BCUT2D eigenvalue weighted by molar-refractivity contribution is 9.10. The Hall–Kier alpha value is -1.03. The molecule has 3 nitrogen and oxygen atoms in total. The van der Waals surface area contributed by atoms with Crippen LogP contribution in [0.3, 0.4) is 0 Å². The number of hydrogen-bond donors (Lipinski definition) is 0. The fourth-order valence-electron chi connectivity index (χ4n) is 3.52. The molecule has 1 fully saturated rings. The molecule has 0 N–H and O–H groups in total. The van der Waals surface area contributed by atoms with E-state index >= 15 is 0 Å². The van der Waals surface area contributed by atoms with E-state index in [1.165, 1.54) is 12.8 Å². The molecule has 1 aliphatic rings. The van der Waals surface area contributed by atoms with E-state index in [1.807, 2.05) is 6.07 Å². The van der Waals surface area contributed by atoms with Crippen LogP contribution in [0.25, 0.3) is 0 Å². The van der Waals surface area contributed by atoms with Crippen LogP contribution in [0.5, 0.6) is 11.5 Å². The Labute approximate surface area is 135 Å². The van der Waals surface area contributed by atoms with E-state index in [9.17, 15) is 4.79 Å². The van der Waals surface area contributed by atoms with Crippen LogP contribution >= 0.6 is 15.9 Å². The largest absolute Gasteiger partial charge is 0.493 e. The maximum absolute atomic E-state index is 11.4. The van der Waals surface area contributed by atoms with Crippen LogP contribution < -0.4 is 9.47 Å². The zero-order valence-electron chi connectivity index (χ0n) is 13.4. The first-order valence-corrected chi connectivity index (χ1v) is 8.02. The van der Waals surface area contributed by atoms with Crippen LogP contribution in [-0.2, 0) is 5.41 Å². The van der Waals surface area contributed by atoms with Crippen molar-refractivity contribution < 1.29 is 14.3 Å². The third-order valence-electron chi connectivity index (χ3n) is 5.31. The predicted molar refractivity (Wildman–Crippen MR) is 87.6 cm³/mol. The molecule has 0 aliphatic heterocycles. The highest BCUT2D eigenvalue weighted by atomic mass is 79.9. The second-order valence-electron chi connectivity index (χ2n) is 6.58. The molecule has 21 heavy (non-hydrogen) atoms. The fourth-order valence-corrected chi connectivity index (χ4v) is 4.07. The second-order valence-corrected chi connectivity index (χ2v) is 7.37. The average molecular weight is 355 g/mol. The molecule has 1 atom stereocenters. The summed E-state index contributed by atoms with van der Waals surface area (Å²) in [6, 6.07) is 1.95. The minimum absolute atomic E-state index is 0.0376. The van der Waals surface area contributed by atoms with Crippen LogP contribution in [0.1, 0.15) is 56.0 Å². The normalized spacial score (nSPS) is 23.9. The lowest BCUT2D eigenvalue weighted by Crippen LogP contribution is -2.34. The molecule has 0 bridgehead atoms. The van der Waals surface area contributed by atoms with Gasteiger partial charge in [-0.25, -0.2) is 0 Å². The summed E-state index contributed by atoms with van der Waals surface area (Å²) >= 11 is 3.45. The first-order valence-electron chi connectivity index (χ1n) is 7.22. The molecule has 1 aromatic carbocycles. The monoisotopic (exact) mass is 354 g/mol. The van der Waals surface area contributed by atoms with Crippen LogP contribution in [0, 0.1) is 5.41 Å². The third kappa shape index (κ3) is 2.37. The van der Waals surface area contributed by atoms with Crippen LogP contribution in [0.15, 0.2) is 10.5 Å². The quantitative estimate of drug-likeness (QED) is 0.732. The van der Waals surface area contributed by atoms with Gasteiger partial charge < -0.3 is 9.47 Å². The Balaban J connectivity index is 2.77.